The van der Waals surface area contributed by atoms with E-state index < -0.39 is 0 Å². The summed E-state index contributed by atoms with van der Waals surface area (Å²) >= 11 is 0. The third kappa shape index (κ3) is 4.46. The molecule has 1 aromatic rings. The van der Waals surface area contributed by atoms with Gasteiger partial charge in [0.2, 0.25) is 0 Å². The summed E-state index contributed by atoms with van der Waals surface area (Å²) in [5.74, 6) is 0. The van der Waals surface area contributed by atoms with E-state index in [1.165, 1.54) is 12.8 Å². The number of rotatable bonds is 5. The molecule has 0 spiro atoms. The molecule has 0 saturated heterocycles. The second-order valence-electron chi connectivity index (χ2n) is 3.65. The van der Waals surface area contributed by atoms with Crippen LogP contribution in [0.5, 0.6) is 0 Å². The molecular formula is C14H17N. The van der Waals surface area contributed by atoms with Gasteiger partial charge in [0.25, 0.3) is 0 Å². The van der Waals surface area contributed by atoms with Crippen molar-refractivity contribution < 1.29 is 0 Å². The second kappa shape index (κ2) is 6.84. The van der Waals surface area contributed by atoms with Crippen molar-refractivity contribution in [3.8, 4) is 6.07 Å². The largest absolute Gasteiger partial charge is 0.193 e. The van der Waals surface area contributed by atoms with Crippen LogP contribution in [0.4, 0.5) is 0 Å². The summed E-state index contributed by atoms with van der Waals surface area (Å²) in [5, 5.41) is 8.97. The van der Waals surface area contributed by atoms with Crippen molar-refractivity contribution in [2.75, 3.05) is 0 Å². The van der Waals surface area contributed by atoms with Gasteiger partial charge < -0.3 is 0 Å². The molecule has 1 heteroatoms. The number of nitriles is 1. The molecule has 15 heavy (non-hydrogen) atoms. The molecule has 0 bridgehead atoms. The topological polar surface area (TPSA) is 23.8 Å². The maximum atomic E-state index is 8.97. The number of unbranched alkanes of at least 4 members (excludes halogenated alkanes) is 2. The molecule has 0 aliphatic carbocycles. The molecule has 0 unspecified atom stereocenters. The van der Waals surface area contributed by atoms with Crippen molar-refractivity contribution >= 4 is 6.08 Å². The zero-order valence-corrected chi connectivity index (χ0v) is 9.24. The average Bonchev–Trinajstić information content (AvgIpc) is 2.29. The lowest BCUT2D eigenvalue weighted by atomic mass is 10.1. The summed E-state index contributed by atoms with van der Waals surface area (Å²) in [6.45, 7) is 2.17. The van der Waals surface area contributed by atoms with Gasteiger partial charge in [-0.2, -0.15) is 5.26 Å². The molecule has 0 amide bonds. The fraction of sp³-hybridized carbons (Fsp3) is 0.357. The Morgan fingerprint density at radius 1 is 1.27 bits per heavy atom. The van der Waals surface area contributed by atoms with E-state index in [4.69, 9.17) is 5.26 Å². The van der Waals surface area contributed by atoms with Crippen molar-refractivity contribution in [1.82, 2.24) is 0 Å². The Kier molecular flexibility index (Phi) is 5.25. The highest BCUT2D eigenvalue weighted by molar-refractivity contribution is 5.56. The molecule has 0 aliphatic rings. The SMILES string of the molecule is CCCCC/C(C#N)=C/c1ccccc1. The van der Waals surface area contributed by atoms with Gasteiger partial charge in [0.05, 0.1) is 6.07 Å². The quantitative estimate of drug-likeness (QED) is 0.515. The molecule has 0 N–H and O–H groups in total. The maximum Gasteiger partial charge on any atom is 0.0947 e. The fourth-order valence-electron chi connectivity index (χ4n) is 1.48. The lowest BCUT2D eigenvalue weighted by molar-refractivity contribution is 0.722. The molecule has 0 atom stereocenters. The van der Waals surface area contributed by atoms with E-state index in [9.17, 15) is 0 Å². The fourth-order valence-corrected chi connectivity index (χ4v) is 1.48. The monoisotopic (exact) mass is 199 g/mol. The molecule has 0 aliphatic heterocycles. The Bertz CT molecular complexity index is 343. The van der Waals surface area contributed by atoms with Gasteiger partial charge in [-0.1, -0.05) is 50.1 Å². The molecule has 0 aromatic heterocycles. The van der Waals surface area contributed by atoms with Gasteiger partial charge in [0, 0.05) is 5.57 Å². The summed E-state index contributed by atoms with van der Waals surface area (Å²) in [6, 6.07) is 12.3. The zero-order valence-electron chi connectivity index (χ0n) is 9.24. The number of allylic oxidation sites excluding steroid dienone is 1. The molecular weight excluding hydrogens is 182 g/mol. The third-order valence-corrected chi connectivity index (χ3v) is 2.33. The molecule has 0 radical (unpaired) electrons. The van der Waals surface area contributed by atoms with Crippen molar-refractivity contribution in [1.29, 1.82) is 5.26 Å². The Labute approximate surface area is 92.1 Å². The number of hydrogen-bond acceptors (Lipinski definition) is 1. The minimum Gasteiger partial charge on any atom is -0.193 e. The summed E-state index contributed by atoms with van der Waals surface area (Å²) in [6.07, 6.45) is 6.40. The van der Waals surface area contributed by atoms with Crippen LogP contribution in [-0.2, 0) is 0 Å². The molecule has 1 aromatic carbocycles. The van der Waals surface area contributed by atoms with Gasteiger partial charge in [-0.25, -0.2) is 0 Å². The van der Waals surface area contributed by atoms with E-state index in [2.05, 4.69) is 13.0 Å². The van der Waals surface area contributed by atoms with Crippen molar-refractivity contribution in [3.63, 3.8) is 0 Å². The number of nitrogens with zero attached hydrogens (tertiary/aromatic N) is 1. The van der Waals surface area contributed by atoms with Crippen molar-refractivity contribution in [2.24, 2.45) is 0 Å². The van der Waals surface area contributed by atoms with Gasteiger partial charge in [0.15, 0.2) is 0 Å². The first-order valence-corrected chi connectivity index (χ1v) is 5.52. The van der Waals surface area contributed by atoms with Gasteiger partial charge in [-0.3, -0.25) is 0 Å². The van der Waals surface area contributed by atoms with E-state index >= 15 is 0 Å². The second-order valence-corrected chi connectivity index (χ2v) is 3.65. The molecule has 0 saturated carbocycles. The van der Waals surface area contributed by atoms with E-state index in [-0.39, 0.29) is 0 Å². The summed E-state index contributed by atoms with van der Waals surface area (Å²) in [5.41, 5.74) is 2.00. The smallest absolute Gasteiger partial charge is 0.0947 e. The normalized spacial score (nSPS) is 11.1. The number of hydrogen-bond donors (Lipinski definition) is 0. The van der Waals surface area contributed by atoms with Crippen LogP contribution in [0.1, 0.15) is 38.2 Å². The zero-order chi connectivity index (χ0) is 10.9. The molecule has 1 nitrogen and oxygen atoms in total. The van der Waals surface area contributed by atoms with E-state index in [1.54, 1.807) is 0 Å². The highest BCUT2D eigenvalue weighted by atomic mass is 14.2. The van der Waals surface area contributed by atoms with Crippen LogP contribution in [-0.4, -0.2) is 0 Å². The highest BCUT2D eigenvalue weighted by Crippen LogP contribution is 2.12. The van der Waals surface area contributed by atoms with Crippen LogP contribution in [0.25, 0.3) is 6.08 Å². The lowest BCUT2D eigenvalue weighted by Gasteiger charge is -1.98. The maximum absolute atomic E-state index is 8.97. The molecule has 0 fully saturated rings. The van der Waals surface area contributed by atoms with E-state index in [0.29, 0.717) is 0 Å². The summed E-state index contributed by atoms with van der Waals surface area (Å²) in [4.78, 5) is 0. The summed E-state index contributed by atoms with van der Waals surface area (Å²) < 4.78 is 0. The minimum atomic E-state index is 0.884. The van der Waals surface area contributed by atoms with Gasteiger partial charge in [0.1, 0.15) is 0 Å². The Morgan fingerprint density at radius 3 is 2.60 bits per heavy atom. The predicted molar refractivity (Wildman–Crippen MR) is 64.2 cm³/mol. The van der Waals surface area contributed by atoms with Gasteiger partial charge >= 0.3 is 0 Å². The van der Waals surface area contributed by atoms with Gasteiger partial charge in [-0.05, 0) is 24.5 Å². The Balaban J connectivity index is 2.59. The van der Waals surface area contributed by atoms with Crippen LogP contribution in [0.15, 0.2) is 35.9 Å². The van der Waals surface area contributed by atoms with Crippen LogP contribution >= 0.6 is 0 Å². The first-order chi connectivity index (χ1) is 7.36. The number of benzene rings is 1. The highest BCUT2D eigenvalue weighted by Gasteiger charge is 1.96. The van der Waals surface area contributed by atoms with Crippen molar-refractivity contribution in [3.05, 3.63) is 41.5 Å². The molecule has 0 heterocycles. The first-order valence-electron chi connectivity index (χ1n) is 5.52. The standard InChI is InChI=1S/C14H17N/c1-2-3-5-10-14(12-15)11-13-8-6-4-7-9-13/h4,6-9,11H,2-3,5,10H2,1H3/b14-11-. The molecule has 78 valence electrons. The van der Waals surface area contributed by atoms with Crippen LogP contribution in [0.2, 0.25) is 0 Å². The van der Waals surface area contributed by atoms with Crippen molar-refractivity contribution in [2.45, 2.75) is 32.6 Å². The van der Waals surface area contributed by atoms with Gasteiger partial charge in [-0.15, -0.1) is 0 Å². The molecule has 1 rings (SSSR count). The van der Waals surface area contributed by atoms with Crippen LogP contribution < -0.4 is 0 Å². The predicted octanol–water partition coefficient (Wildman–Crippen LogP) is 4.17. The van der Waals surface area contributed by atoms with E-state index in [0.717, 1.165) is 24.0 Å². The first kappa shape index (κ1) is 11.5. The third-order valence-electron chi connectivity index (χ3n) is 2.33. The summed E-state index contributed by atoms with van der Waals surface area (Å²) in [7, 11) is 0. The Hall–Kier alpha value is -1.55. The van der Waals surface area contributed by atoms with Crippen LogP contribution in [0, 0.1) is 11.3 Å². The van der Waals surface area contributed by atoms with E-state index in [1.807, 2.05) is 36.4 Å². The Morgan fingerprint density at radius 2 is 2.00 bits per heavy atom. The lowest BCUT2D eigenvalue weighted by Crippen LogP contribution is -1.81. The minimum absolute atomic E-state index is 0.884. The van der Waals surface area contributed by atoms with Crippen LogP contribution in [0.3, 0.4) is 0 Å². The average molecular weight is 199 g/mol.